The molecule has 138 valence electrons. The van der Waals surface area contributed by atoms with Crippen LogP contribution in [0.3, 0.4) is 0 Å². The quantitative estimate of drug-likeness (QED) is 0.306. The topological polar surface area (TPSA) is 129 Å². The fraction of sp³-hybridized carbons (Fsp3) is 0.500. The summed E-state index contributed by atoms with van der Waals surface area (Å²) in [7, 11) is 0. The molecule has 1 aromatic rings. The summed E-state index contributed by atoms with van der Waals surface area (Å²) in [4.78, 5) is 26.2. The SMILES string of the molecule is C=CCOCO[C@H]1C[C@H](n2cc(CC=CN)c(=O)[nH]c2=O)O[C@@H]1CO. The Kier molecular flexibility index (Phi) is 7.14. The summed E-state index contributed by atoms with van der Waals surface area (Å²) in [6.45, 7) is 3.64. The van der Waals surface area contributed by atoms with Gasteiger partial charge in [-0.3, -0.25) is 14.3 Å². The van der Waals surface area contributed by atoms with Crippen LogP contribution in [-0.4, -0.2) is 46.9 Å². The number of hydrogen-bond donors (Lipinski definition) is 3. The summed E-state index contributed by atoms with van der Waals surface area (Å²) in [5.41, 5.74) is 4.61. The van der Waals surface area contributed by atoms with E-state index in [2.05, 4.69) is 11.6 Å². The van der Waals surface area contributed by atoms with Crippen LogP contribution < -0.4 is 17.0 Å². The first kappa shape index (κ1) is 19.1. The molecule has 0 spiro atoms. The number of nitrogens with zero attached hydrogens (tertiary/aromatic N) is 1. The maximum Gasteiger partial charge on any atom is 0.330 e. The lowest BCUT2D eigenvalue weighted by molar-refractivity contribution is -0.114. The number of H-pyrrole nitrogens is 1. The first-order valence-corrected chi connectivity index (χ1v) is 7.88. The summed E-state index contributed by atoms with van der Waals surface area (Å²) < 4.78 is 17.7. The molecule has 0 radical (unpaired) electrons. The number of aromatic nitrogens is 2. The number of nitrogens with two attached hydrogens (primary N) is 1. The molecule has 9 nitrogen and oxygen atoms in total. The van der Waals surface area contributed by atoms with Gasteiger partial charge in [-0.05, 0) is 12.6 Å². The van der Waals surface area contributed by atoms with Crippen LogP contribution in [0.5, 0.6) is 0 Å². The lowest BCUT2D eigenvalue weighted by Crippen LogP contribution is -2.34. The molecule has 3 atom stereocenters. The van der Waals surface area contributed by atoms with E-state index in [9.17, 15) is 14.7 Å². The van der Waals surface area contributed by atoms with E-state index in [1.165, 1.54) is 17.0 Å². The van der Waals surface area contributed by atoms with Gasteiger partial charge in [-0.15, -0.1) is 6.58 Å². The zero-order valence-electron chi connectivity index (χ0n) is 13.8. The Labute approximate surface area is 144 Å². The van der Waals surface area contributed by atoms with Crippen LogP contribution in [0.25, 0.3) is 0 Å². The number of hydrogen-bond acceptors (Lipinski definition) is 7. The average molecular weight is 353 g/mol. The molecular formula is C16H23N3O6. The Morgan fingerprint density at radius 1 is 1.52 bits per heavy atom. The fourth-order valence-corrected chi connectivity index (χ4v) is 2.56. The molecule has 0 bridgehead atoms. The number of allylic oxidation sites excluding steroid dienone is 1. The zero-order valence-corrected chi connectivity index (χ0v) is 13.8. The number of rotatable bonds is 9. The second kappa shape index (κ2) is 9.33. The van der Waals surface area contributed by atoms with Crippen molar-refractivity contribution in [2.75, 3.05) is 20.0 Å². The molecule has 1 saturated heterocycles. The highest BCUT2D eigenvalue weighted by atomic mass is 16.7. The molecule has 0 aromatic carbocycles. The van der Waals surface area contributed by atoms with E-state index < -0.39 is 29.7 Å². The van der Waals surface area contributed by atoms with Crippen molar-refractivity contribution >= 4 is 0 Å². The molecule has 4 N–H and O–H groups in total. The Morgan fingerprint density at radius 2 is 2.32 bits per heavy atom. The van der Waals surface area contributed by atoms with Gasteiger partial charge in [0.25, 0.3) is 5.56 Å². The largest absolute Gasteiger partial charge is 0.405 e. The van der Waals surface area contributed by atoms with Crippen LogP contribution >= 0.6 is 0 Å². The van der Waals surface area contributed by atoms with E-state index in [0.717, 1.165) is 0 Å². The molecule has 25 heavy (non-hydrogen) atoms. The normalized spacial score (nSPS) is 23.3. The van der Waals surface area contributed by atoms with Crippen LogP contribution in [0.2, 0.25) is 0 Å². The monoisotopic (exact) mass is 353 g/mol. The minimum atomic E-state index is -0.661. The summed E-state index contributed by atoms with van der Waals surface area (Å²) >= 11 is 0. The van der Waals surface area contributed by atoms with Gasteiger partial charge < -0.3 is 25.1 Å². The first-order chi connectivity index (χ1) is 12.1. The molecule has 2 heterocycles. The number of aromatic amines is 1. The highest BCUT2D eigenvalue weighted by molar-refractivity contribution is 5.09. The average Bonchev–Trinajstić information content (AvgIpc) is 3.01. The Balaban J connectivity index is 2.14. The zero-order chi connectivity index (χ0) is 18.2. The Bertz CT molecular complexity index is 711. The first-order valence-electron chi connectivity index (χ1n) is 7.88. The number of nitrogens with one attached hydrogen (secondary N) is 1. The molecular weight excluding hydrogens is 330 g/mol. The molecule has 0 unspecified atom stereocenters. The summed E-state index contributed by atoms with van der Waals surface area (Å²) in [6, 6.07) is 0. The van der Waals surface area contributed by atoms with Gasteiger partial charge in [0.1, 0.15) is 19.1 Å². The van der Waals surface area contributed by atoms with Crippen LogP contribution in [0.4, 0.5) is 0 Å². The van der Waals surface area contributed by atoms with Gasteiger partial charge in [0, 0.05) is 18.2 Å². The van der Waals surface area contributed by atoms with Gasteiger partial charge in [-0.1, -0.05) is 12.2 Å². The molecule has 2 rings (SSSR count). The summed E-state index contributed by atoms with van der Waals surface area (Å²) in [6.07, 6.45) is 4.90. The fourth-order valence-electron chi connectivity index (χ4n) is 2.56. The van der Waals surface area contributed by atoms with Crippen molar-refractivity contribution in [2.24, 2.45) is 5.73 Å². The van der Waals surface area contributed by atoms with Crippen LogP contribution in [0, 0.1) is 0 Å². The second-order valence-corrected chi connectivity index (χ2v) is 5.48. The van der Waals surface area contributed by atoms with E-state index in [1.807, 2.05) is 0 Å². The predicted molar refractivity (Wildman–Crippen MR) is 89.9 cm³/mol. The predicted octanol–water partition coefficient (Wildman–Crippen LogP) is -0.623. The molecule has 1 aliphatic heterocycles. The maximum atomic E-state index is 12.1. The lowest BCUT2D eigenvalue weighted by atomic mass is 10.2. The molecule has 0 amide bonds. The van der Waals surface area contributed by atoms with Crippen molar-refractivity contribution in [3.8, 4) is 0 Å². The Hall–Kier alpha value is -2.20. The lowest BCUT2D eigenvalue weighted by Gasteiger charge is -2.16. The van der Waals surface area contributed by atoms with Crippen molar-refractivity contribution in [3.05, 3.63) is 57.5 Å². The third-order valence-electron chi connectivity index (χ3n) is 3.79. The maximum absolute atomic E-state index is 12.1. The van der Waals surface area contributed by atoms with Gasteiger partial charge in [0.05, 0.1) is 19.3 Å². The van der Waals surface area contributed by atoms with Crippen molar-refractivity contribution in [1.82, 2.24) is 9.55 Å². The standard InChI is InChI=1S/C16H23N3O6/c1-2-6-23-10-24-12-7-14(25-13(12)9-20)19-8-11(4-3-5-17)15(21)18-16(19)22/h2-3,5,8,12-14,20H,1,4,6-7,9-10,17H2,(H,18,21,22)/t12-,13+,14+/m0/s1. The number of aliphatic hydroxyl groups is 1. The minimum Gasteiger partial charge on any atom is -0.405 e. The summed E-state index contributed by atoms with van der Waals surface area (Å²) in [5, 5.41) is 9.46. The van der Waals surface area contributed by atoms with Crippen LogP contribution in [0.1, 0.15) is 18.2 Å². The third kappa shape index (κ3) is 4.89. The second-order valence-electron chi connectivity index (χ2n) is 5.48. The third-order valence-corrected chi connectivity index (χ3v) is 3.79. The van der Waals surface area contributed by atoms with E-state index in [-0.39, 0.29) is 19.8 Å². The van der Waals surface area contributed by atoms with E-state index >= 15 is 0 Å². The van der Waals surface area contributed by atoms with Crippen molar-refractivity contribution in [1.29, 1.82) is 0 Å². The van der Waals surface area contributed by atoms with Crippen molar-refractivity contribution in [3.63, 3.8) is 0 Å². The highest BCUT2D eigenvalue weighted by Crippen LogP contribution is 2.29. The molecule has 1 fully saturated rings. The van der Waals surface area contributed by atoms with Gasteiger partial charge in [0.2, 0.25) is 0 Å². The number of aliphatic hydroxyl groups excluding tert-OH is 1. The minimum absolute atomic E-state index is 0.0241. The molecule has 0 aliphatic carbocycles. The smallest absolute Gasteiger partial charge is 0.330 e. The van der Waals surface area contributed by atoms with Gasteiger partial charge in [-0.25, -0.2) is 4.79 Å². The van der Waals surface area contributed by atoms with Crippen molar-refractivity contribution < 1.29 is 19.3 Å². The van der Waals surface area contributed by atoms with Gasteiger partial charge in [-0.2, -0.15) is 0 Å². The van der Waals surface area contributed by atoms with Crippen molar-refractivity contribution in [2.45, 2.75) is 31.3 Å². The Morgan fingerprint density at radius 3 is 3.00 bits per heavy atom. The number of ether oxygens (including phenoxy) is 3. The van der Waals surface area contributed by atoms with Crippen LogP contribution in [0.15, 0.2) is 40.7 Å². The van der Waals surface area contributed by atoms with Gasteiger partial charge in [0.15, 0.2) is 0 Å². The highest BCUT2D eigenvalue weighted by Gasteiger charge is 2.37. The van der Waals surface area contributed by atoms with E-state index in [4.69, 9.17) is 19.9 Å². The van der Waals surface area contributed by atoms with Crippen LogP contribution in [-0.2, 0) is 20.6 Å². The summed E-state index contributed by atoms with van der Waals surface area (Å²) in [5.74, 6) is 0. The van der Waals surface area contributed by atoms with E-state index in [0.29, 0.717) is 18.6 Å². The molecule has 0 saturated carbocycles. The molecule has 1 aromatic heterocycles. The molecule has 1 aliphatic rings. The van der Waals surface area contributed by atoms with E-state index in [1.54, 1.807) is 12.2 Å². The van der Waals surface area contributed by atoms with Gasteiger partial charge >= 0.3 is 5.69 Å². The molecule has 9 heteroatoms.